The minimum absolute atomic E-state index is 0.0527. The summed E-state index contributed by atoms with van der Waals surface area (Å²) in [6.07, 6.45) is 1.82. The predicted octanol–water partition coefficient (Wildman–Crippen LogP) is 4.62. The normalized spacial score (nSPS) is 11.9. The van der Waals surface area contributed by atoms with Crippen molar-refractivity contribution in [3.63, 3.8) is 0 Å². The number of aryl methyl sites for hydroxylation is 1. The SMILES string of the molecule is C[C@H](CCc1ccccc1)NC(=O)CSc1nnc(-c2cccc(Cl)c2)o1. The Morgan fingerprint density at radius 1 is 1.19 bits per heavy atom. The second kappa shape index (κ2) is 9.58. The third-order valence-electron chi connectivity index (χ3n) is 3.92. The molecule has 1 amide bonds. The van der Waals surface area contributed by atoms with Crippen LogP contribution >= 0.6 is 23.4 Å². The van der Waals surface area contributed by atoms with Crippen molar-refractivity contribution in [2.45, 2.75) is 31.0 Å². The smallest absolute Gasteiger partial charge is 0.277 e. The second-order valence-corrected chi connectivity index (χ2v) is 7.53. The van der Waals surface area contributed by atoms with E-state index in [-0.39, 0.29) is 17.7 Å². The van der Waals surface area contributed by atoms with Crippen molar-refractivity contribution in [2.24, 2.45) is 0 Å². The lowest BCUT2D eigenvalue weighted by atomic mass is 10.1. The Bertz CT molecular complexity index is 886. The number of aromatic nitrogens is 2. The maximum atomic E-state index is 12.1. The van der Waals surface area contributed by atoms with E-state index in [4.69, 9.17) is 16.0 Å². The number of thioether (sulfide) groups is 1. The average molecular weight is 402 g/mol. The van der Waals surface area contributed by atoms with Crippen molar-refractivity contribution >= 4 is 29.3 Å². The fourth-order valence-corrected chi connectivity index (χ4v) is 3.31. The zero-order valence-corrected chi connectivity index (χ0v) is 16.5. The van der Waals surface area contributed by atoms with Crippen LogP contribution in [-0.2, 0) is 11.2 Å². The van der Waals surface area contributed by atoms with E-state index >= 15 is 0 Å². The Morgan fingerprint density at radius 2 is 2.00 bits per heavy atom. The quantitative estimate of drug-likeness (QED) is 0.558. The number of nitrogens with zero attached hydrogens (tertiary/aromatic N) is 2. The summed E-state index contributed by atoms with van der Waals surface area (Å²) in [5, 5.41) is 11.9. The first-order valence-electron chi connectivity index (χ1n) is 8.65. The summed E-state index contributed by atoms with van der Waals surface area (Å²) in [5.74, 6) is 0.562. The van der Waals surface area contributed by atoms with Gasteiger partial charge in [0.2, 0.25) is 11.8 Å². The number of hydrogen-bond acceptors (Lipinski definition) is 5. The molecule has 0 bridgehead atoms. The summed E-state index contributed by atoms with van der Waals surface area (Å²) >= 11 is 7.19. The Balaban J connectivity index is 1.44. The molecule has 1 N–H and O–H groups in total. The van der Waals surface area contributed by atoms with Crippen LogP contribution in [0.25, 0.3) is 11.5 Å². The molecule has 140 valence electrons. The van der Waals surface area contributed by atoms with Gasteiger partial charge in [-0.2, -0.15) is 0 Å². The van der Waals surface area contributed by atoms with Crippen LogP contribution in [0.5, 0.6) is 0 Å². The van der Waals surface area contributed by atoms with Gasteiger partial charge in [-0.25, -0.2) is 0 Å². The highest BCUT2D eigenvalue weighted by Gasteiger charge is 2.13. The van der Waals surface area contributed by atoms with Crippen LogP contribution in [0.15, 0.2) is 64.2 Å². The molecule has 3 rings (SSSR count). The summed E-state index contributed by atoms with van der Waals surface area (Å²) in [6, 6.07) is 17.5. The summed E-state index contributed by atoms with van der Waals surface area (Å²) in [5.41, 5.74) is 2.02. The lowest BCUT2D eigenvalue weighted by molar-refractivity contribution is -0.119. The molecular formula is C20H20ClN3O2S. The molecule has 27 heavy (non-hydrogen) atoms. The molecule has 0 saturated carbocycles. The highest BCUT2D eigenvalue weighted by Crippen LogP contribution is 2.25. The van der Waals surface area contributed by atoms with E-state index in [2.05, 4.69) is 27.6 Å². The summed E-state index contributed by atoms with van der Waals surface area (Å²) in [4.78, 5) is 12.1. The van der Waals surface area contributed by atoms with Gasteiger partial charge in [0.1, 0.15) is 0 Å². The number of benzene rings is 2. The van der Waals surface area contributed by atoms with Crippen LogP contribution in [0.1, 0.15) is 18.9 Å². The molecule has 0 aliphatic heterocycles. The number of hydrogen-bond donors (Lipinski definition) is 1. The van der Waals surface area contributed by atoms with Gasteiger partial charge in [0.25, 0.3) is 5.22 Å². The average Bonchev–Trinajstić information content (AvgIpc) is 3.15. The first-order valence-corrected chi connectivity index (χ1v) is 10.0. The second-order valence-electron chi connectivity index (χ2n) is 6.16. The van der Waals surface area contributed by atoms with Gasteiger partial charge < -0.3 is 9.73 Å². The van der Waals surface area contributed by atoms with Gasteiger partial charge in [0.15, 0.2) is 0 Å². The van der Waals surface area contributed by atoms with Crippen molar-refractivity contribution in [2.75, 3.05) is 5.75 Å². The van der Waals surface area contributed by atoms with Crippen LogP contribution < -0.4 is 5.32 Å². The molecule has 0 fully saturated rings. The number of amides is 1. The molecule has 3 aromatic rings. The molecule has 0 radical (unpaired) electrons. The van der Waals surface area contributed by atoms with Gasteiger partial charge in [0, 0.05) is 16.6 Å². The van der Waals surface area contributed by atoms with E-state index in [1.165, 1.54) is 17.3 Å². The van der Waals surface area contributed by atoms with Gasteiger partial charge in [-0.3, -0.25) is 4.79 Å². The molecular weight excluding hydrogens is 382 g/mol. The zero-order valence-electron chi connectivity index (χ0n) is 14.9. The summed E-state index contributed by atoms with van der Waals surface area (Å²) in [6.45, 7) is 2.01. The van der Waals surface area contributed by atoms with Gasteiger partial charge in [0.05, 0.1) is 5.75 Å². The highest BCUT2D eigenvalue weighted by atomic mass is 35.5. The fourth-order valence-electron chi connectivity index (χ4n) is 2.55. The molecule has 5 nitrogen and oxygen atoms in total. The summed E-state index contributed by atoms with van der Waals surface area (Å²) in [7, 11) is 0. The molecule has 1 atom stereocenters. The molecule has 7 heteroatoms. The van der Waals surface area contributed by atoms with Crippen molar-refractivity contribution in [3.8, 4) is 11.5 Å². The Labute approximate surface area is 167 Å². The fraction of sp³-hybridized carbons (Fsp3) is 0.250. The monoisotopic (exact) mass is 401 g/mol. The van der Waals surface area contributed by atoms with E-state index in [0.29, 0.717) is 16.1 Å². The van der Waals surface area contributed by atoms with Gasteiger partial charge in [-0.05, 0) is 43.5 Å². The van der Waals surface area contributed by atoms with E-state index < -0.39 is 0 Å². The van der Waals surface area contributed by atoms with Gasteiger partial charge in [-0.15, -0.1) is 10.2 Å². The Hall–Kier alpha value is -2.31. The van der Waals surface area contributed by atoms with Gasteiger partial charge >= 0.3 is 0 Å². The maximum absolute atomic E-state index is 12.1. The van der Waals surface area contributed by atoms with Gasteiger partial charge in [-0.1, -0.05) is 59.8 Å². The van der Waals surface area contributed by atoms with Crippen molar-refractivity contribution in [1.82, 2.24) is 15.5 Å². The van der Waals surface area contributed by atoms with Crippen molar-refractivity contribution in [3.05, 3.63) is 65.2 Å². The molecule has 0 spiro atoms. The summed E-state index contributed by atoms with van der Waals surface area (Å²) < 4.78 is 5.59. The first kappa shape index (κ1) is 19.5. The Kier molecular flexibility index (Phi) is 6.90. The zero-order chi connectivity index (χ0) is 19.1. The van der Waals surface area contributed by atoms with Crippen LogP contribution in [-0.4, -0.2) is 27.9 Å². The molecule has 0 unspecified atom stereocenters. The third-order valence-corrected chi connectivity index (χ3v) is 4.97. The molecule has 1 heterocycles. The molecule has 0 saturated heterocycles. The van der Waals surface area contributed by atoms with Crippen LogP contribution in [0, 0.1) is 0 Å². The molecule has 0 aliphatic rings. The highest BCUT2D eigenvalue weighted by molar-refractivity contribution is 7.99. The number of carbonyl (C=O) groups is 1. The number of rotatable bonds is 8. The van der Waals surface area contributed by atoms with Crippen LogP contribution in [0.3, 0.4) is 0 Å². The number of carbonyl (C=O) groups excluding carboxylic acids is 1. The Morgan fingerprint density at radius 3 is 2.78 bits per heavy atom. The standard InChI is InChI=1S/C20H20ClN3O2S/c1-14(10-11-15-6-3-2-4-7-15)22-18(25)13-27-20-24-23-19(26-20)16-8-5-9-17(21)12-16/h2-9,12,14H,10-11,13H2,1H3,(H,22,25)/t14-/m1/s1. The molecule has 0 aliphatic carbocycles. The predicted molar refractivity (Wildman–Crippen MR) is 108 cm³/mol. The lowest BCUT2D eigenvalue weighted by Gasteiger charge is -2.13. The maximum Gasteiger partial charge on any atom is 0.277 e. The topological polar surface area (TPSA) is 68.0 Å². The molecule has 2 aromatic carbocycles. The van der Waals surface area contributed by atoms with Crippen molar-refractivity contribution in [1.29, 1.82) is 0 Å². The van der Waals surface area contributed by atoms with E-state index in [0.717, 1.165) is 18.4 Å². The van der Waals surface area contributed by atoms with Crippen LogP contribution in [0.2, 0.25) is 5.02 Å². The molecule has 1 aromatic heterocycles. The van der Waals surface area contributed by atoms with Crippen LogP contribution in [0.4, 0.5) is 0 Å². The lowest BCUT2D eigenvalue weighted by Crippen LogP contribution is -2.34. The largest absolute Gasteiger partial charge is 0.411 e. The van der Waals surface area contributed by atoms with E-state index in [9.17, 15) is 4.79 Å². The van der Waals surface area contributed by atoms with Crippen molar-refractivity contribution < 1.29 is 9.21 Å². The minimum Gasteiger partial charge on any atom is -0.411 e. The number of nitrogens with one attached hydrogen (secondary N) is 1. The number of halogens is 1. The van der Waals surface area contributed by atoms with E-state index in [1.54, 1.807) is 12.1 Å². The first-order chi connectivity index (χ1) is 13.1. The minimum atomic E-state index is -0.0527. The van der Waals surface area contributed by atoms with E-state index in [1.807, 2.05) is 37.3 Å². The third kappa shape index (κ3) is 6.12.